The zero-order valence-corrected chi connectivity index (χ0v) is 12.7. The Balaban J connectivity index is 2.07. The van der Waals surface area contributed by atoms with E-state index >= 15 is 0 Å². The summed E-state index contributed by atoms with van der Waals surface area (Å²) in [6, 6.07) is 15.5. The first kappa shape index (κ1) is 13.2. The first-order valence-electron chi connectivity index (χ1n) is 6.21. The summed E-state index contributed by atoms with van der Waals surface area (Å²) in [4.78, 5) is 11.0. The fourth-order valence-electron chi connectivity index (χ4n) is 2.30. The quantitative estimate of drug-likeness (QED) is 0.702. The zero-order valence-electron chi connectivity index (χ0n) is 10.6. The average molecular weight is 377 g/mol. The topological polar surface area (TPSA) is 42.2 Å². The van der Waals surface area contributed by atoms with Gasteiger partial charge in [-0.15, -0.1) is 0 Å². The van der Waals surface area contributed by atoms with Gasteiger partial charge >= 0.3 is 5.97 Å². The second kappa shape index (κ2) is 5.28. The SMILES string of the molecule is O=C(O)c1ccc2c(c1)c(I)cn2Cc1ccccc1. The number of nitrogens with zero attached hydrogens (tertiary/aromatic N) is 1. The molecule has 0 bridgehead atoms. The predicted molar refractivity (Wildman–Crippen MR) is 87.2 cm³/mol. The van der Waals surface area contributed by atoms with Gasteiger partial charge < -0.3 is 9.67 Å². The number of benzene rings is 2. The zero-order chi connectivity index (χ0) is 14.1. The smallest absolute Gasteiger partial charge is 0.335 e. The van der Waals surface area contributed by atoms with E-state index in [1.54, 1.807) is 12.1 Å². The van der Waals surface area contributed by atoms with Gasteiger partial charge in [0.05, 0.1) is 5.56 Å². The molecule has 1 heterocycles. The molecule has 0 aliphatic carbocycles. The lowest BCUT2D eigenvalue weighted by Crippen LogP contribution is -1.98. The van der Waals surface area contributed by atoms with E-state index in [1.165, 1.54) is 5.56 Å². The van der Waals surface area contributed by atoms with Crippen molar-refractivity contribution in [3.05, 3.63) is 69.4 Å². The Morgan fingerprint density at radius 3 is 2.60 bits per heavy atom. The molecule has 0 spiro atoms. The minimum atomic E-state index is -0.890. The van der Waals surface area contributed by atoms with Crippen LogP contribution < -0.4 is 0 Å². The Kier molecular flexibility index (Phi) is 3.48. The molecule has 0 saturated carbocycles. The molecule has 3 nitrogen and oxygen atoms in total. The lowest BCUT2D eigenvalue weighted by atomic mass is 10.1. The minimum Gasteiger partial charge on any atom is -0.478 e. The molecule has 1 N–H and O–H groups in total. The molecule has 0 atom stereocenters. The molecule has 1 aromatic heterocycles. The second-order valence-electron chi connectivity index (χ2n) is 4.63. The summed E-state index contributed by atoms with van der Waals surface area (Å²) in [5.41, 5.74) is 2.61. The highest BCUT2D eigenvalue weighted by atomic mass is 127. The molecular formula is C16H12INO2. The monoisotopic (exact) mass is 377 g/mol. The lowest BCUT2D eigenvalue weighted by Gasteiger charge is -2.05. The number of aromatic nitrogens is 1. The maximum Gasteiger partial charge on any atom is 0.335 e. The molecule has 0 aliphatic heterocycles. The van der Waals surface area contributed by atoms with Crippen molar-refractivity contribution in [1.82, 2.24) is 4.57 Å². The number of hydrogen-bond acceptors (Lipinski definition) is 1. The first-order chi connectivity index (χ1) is 9.65. The lowest BCUT2D eigenvalue weighted by molar-refractivity contribution is 0.0697. The maximum atomic E-state index is 11.0. The molecule has 3 rings (SSSR count). The Bertz CT molecular complexity index is 778. The van der Waals surface area contributed by atoms with Crippen molar-refractivity contribution in [1.29, 1.82) is 0 Å². The number of carboxylic acid groups (broad SMARTS) is 1. The van der Waals surface area contributed by atoms with E-state index in [-0.39, 0.29) is 0 Å². The normalized spacial score (nSPS) is 10.8. The number of carbonyl (C=O) groups is 1. The van der Waals surface area contributed by atoms with Crippen molar-refractivity contribution >= 4 is 39.5 Å². The molecule has 0 unspecified atom stereocenters. The van der Waals surface area contributed by atoms with Crippen LogP contribution in [-0.2, 0) is 6.54 Å². The molecule has 4 heteroatoms. The number of hydrogen-bond donors (Lipinski definition) is 1. The van der Waals surface area contributed by atoms with Gasteiger partial charge in [0, 0.05) is 27.2 Å². The molecule has 0 fully saturated rings. The van der Waals surface area contributed by atoms with Crippen molar-refractivity contribution in [3.63, 3.8) is 0 Å². The summed E-state index contributed by atoms with van der Waals surface area (Å²) in [5.74, 6) is -0.890. The summed E-state index contributed by atoms with van der Waals surface area (Å²) < 4.78 is 3.22. The van der Waals surface area contributed by atoms with Gasteiger partial charge in [-0.3, -0.25) is 0 Å². The molecule has 3 aromatic rings. The molecule has 2 aromatic carbocycles. The van der Waals surface area contributed by atoms with Crippen LogP contribution in [0.25, 0.3) is 10.9 Å². The van der Waals surface area contributed by atoms with Crippen molar-refractivity contribution < 1.29 is 9.90 Å². The number of halogens is 1. The van der Waals surface area contributed by atoms with E-state index in [1.807, 2.05) is 24.3 Å². The third kappa shape index (κ3) is 2.43. The minimum absolute atomic E-state index is 0.327. The molecule has 0 aliphatic rings. The maximum absolute atomic E-state index is 11.0. The summed E-state index contributed by atoms with van der Waals surface area (Å²) in [6.07, 6.45) is 2.06. The molecular weight excluding hydrogens is 365 g/mol. The summed E-state index contributed by atoms with van der Waals surface area (Å²) in [5, 5.41) is 10.1. The highest BCUT2D eigenvalue weighted by Crippen LogP contribution is 2.25. The van der Waals surface area contributed by atoms with Gasteiger partial charge in [0.25, 0.3) is 0 Å². The van der Waals surface area contributed by atoms with Gasteiger partial charge in [0.1, 0.15) is 0 Å². The third-order valence-electron chi connectivity index (χ3n) is 3.28. The van der Waals surface area contributed by atoms with E-state index in [4.69, 9.17) is 5.11 Å². The van der Waals surface area contributed by atoms with Gasteiger partial charge in [-0.05, 0) is 46.4 Å². The Morgan fingerprint density at radius 2 is 1.90 bits per heavy atom. The van der Waals surface area contributed by atoms with Gasteiger partial charge in [0.15, 0.2) is 0 Å². The fraction of sp³-hybridized carbons (Fsp3) is 0.0625. The van der Waals surface area contributed by atoms with Crippen LogP contribution in [0.4, 0.5) is 0 Å². The third-order valence-corrected chi connectivity index (χ3v) is 4.13. The van der Waals surface area contributed by atoms with Crippen LogP contribution in [0, 0.1) is 3.57 Å². The largest absolute Gasteiger partial charge is 0.478 e. The number of aromatic carboxylic acids is 1. The van der Waals surface area contributed by atoms with Crippen LogP contribution >= 0.6 is 22.6 Å². The molecule has 0 saturated heterocycles. The van der Waals surface area contributed by atoms with Crippen LogP contribution in [0.2, 0.25) is 0 Å². The second-order valence-corrected chi connectivity index (χ2v) is 5.79. The van der Waals surface area contributed by atoms with Crippen LogP contribution in [0.5, 0.6) is 0 Å². The standard InChI is InChI=1S/C16H12INO2/c17-14-10-18(9-11-4-2-1-3-5-11)15-7-6-12(16(19)20)8-13(14)15/h1-8,10H,9H2,(H,19,20). The van der Waals surface area contributed by atoms with E-state index in [0.29, 0.717) is 5.56 Å². The van der Waals surface area contributed by atoms with E-state index in [9.17, 15) is 4.79 Å². The van der Waals surface area contributed by atoms with Crippen molar-refractivity contribution in [3.8, 4) is 0 Å². The van der Waals surface area contributed by atoms with E-state index in [0.717, 1.165) is 21.0 Å². The van der Waals surface area contributed by atoms with Gasteiger partial charge in [-0.2, -0.15) is 0 Å². The van der Waals surface area contributed by atoms with Crippen LogP contribution in [-0.4, -0.2) is 15.6 Å². The molecule has 0 radical (unpaired) electrons. The number of fused-ring (bicyclic) bond motifs is 1. The van der Waals surface area contributed by atoms with Crippen molar-refractivity contribution in [2.75, 3.05) is 0 Å². The Morgan fingerprint density at radius 1 is 1.15 bits per heavy atom. The van der Waals surface area contributed by atoms with Crippen molar-refractivity contribution in [2.24, 2.45) is 0 Å². The Labute approximate surface area is 130 Å². The van der Waals surface area contributed by atoms with Gasteiger partial charge in [-0.1, -0.05) is 30.3 Å². The summed E-state index contributed by atoms with van der Waals surface area (Å²) in [6.45, 7) is 0.784. The molecule has 0 amide bonds. The number of rotatable bonds is 3. The van der Waals surface area contributed by atoms with Gasteiger partial charge in [-0.25, -0.2) is 4.79 Å². The molecule has 20 heavy (non-hydrogen) atoms. The van der Waals surface area contributed by atoms with E-state index in [2.05, 4.69) is 45.5 Å². The summed E-state index contributed by atoms with van der Waals surface area (Å²) >= 11 is 2.25. The van der Waals surface area contributed by atoms with E-state index < -0.39 is 5.97 Å². The Hall–Kier alpha value is -1.82. The van der Waals surface area contributed by atoms with Crippen molar-refractivity contribution in [2.45, 2.75) is 6.54 Å². The van der Waals surface area contributed by atoms with Crippen LogP contribution in [0.15, 0.2) is 54.7 Å². The van der Waals surface area contributed by atoms with Crippen LogP contribution in [0.1, 0.15) is 15.9 Å². The highest BCUT2D eigenvalue weighted by molar-refractivity contribution is 14.1. The van der Waals surface area contributed by atoms with Crippen LogP contribution in [0.3, 0.4) is 0 Å². The molecule has 100 valence electrons. The predicted octanol–water partition coefficient (Wildman–Crippen LogP) is 3.99. The summed E-state index contributed by atoms with van der Waals surface area (Å²) in [7, 11) is 0. The van der Waals surface area contributed by atoms with Gasteiger partial charge in [0.2, 0.25) is 0 Å². The first-order valence-corrected chi connectivity index (χ1v) is 7.28. The fourth-order valence-corrected chi connectivity index (χ4v) is 3.07. The highest BCUT2D eigenvalue weighted by Gasteiger charge is 2.10. The number of carboxylic acids is 1. The average Bonchev–Trinajstić information content (AvgIpc) is 2.76.